The number of likely N-dealkylation sites (tertiary alicyclic amines) is 1. The molecule has 1 aromatic rings. The molecule has 0 spiro atoms. The maximum atomic E-state index is 10.5. The van der Waals surface area contributed by atoms with Gasteiger partial charge in [-0.2, -0.15) is 0 Å². The molecule has 1 atom stereocenters. The highest BCUT2D eigenvalue weighted by molar-refractivity contribution is 5.48. The summed E-state index contributed by atoms with van der Waals surface area (Å²) in [5, 5.41) is 3.15. The molecule has 3 N–H and O–H groups in total. The number of methoxy groups -OCH3 is 1. The fourth-order valence-electron chi connectivity index (χ4n) is 1.60. The summed E-state index contributed by atoms with van der Waals surface area (Å²) < 4.78 is 4.94. The predicted octanol–water partition coefficient (Wildman–Crippen LogP) is 1.13. The van der Waals surface area contributed by atoms with Crippen LogP contribution in [0.2, 0.25) is 0 Å². The van der Waals surface area contributed by atoms with Crippen LogP contribution in [0.15, 0.2) is 12.4 Å². The van der Waals surface area contributed by atoms with Crippen LogP contribution in [0.25, 0.3) is 0 Å². The van der Waals surface area contributed by atoms with Gasteiger partial charge in [-0.05, 0) is 27.2 Å². The molecule has 7 heteroatoms. The summed E-state index contributed by atoms with van der Waals surface area (Å²) in [6.07, 6.45) is 4.90. The Morgan fingerprint density at radius 2 is 2.00 bits per heavy atom. The topological polar surface area (TPSA) is 93.4 Å². The van der Waals surface area contributed by atoms with Gasteiger partial charge in [-0.3, -0.25) is 4.79 Å². The molecule has 2 heterocycles. The minimum absolute atomic E-state index is 0.0417. The van der Waals surface area contributed by atoms with Gasteiger partial charge in [-0.25, -0.2) is 9.97 Å². The molecule has 0 aromatic carbocycles. The molecule has 2 rings (SSSR count). The number of amides is 1. The van der Waals surface area contributed by atoms with E-state index in [4.69, 9.17) is 10.5 Å². The lowest BCUT2D eigenvalue weighted by Crippen LogP contribution is -2.25. The third-order valence-corrected chi connectivity index (χ3v) is 2.99. The van der Waals surface area contributed by atoms with Crippen molar-refractivity contribution in [2.24, 2.45) is 0 Å². The van der Waals surface area contributed by atoms with Crippen molar-refractivity contribution >= 4 is 18.0 Å². The number of nitrogen functional groups attached to an aromatic ring is 1. The van der Waals surface area contributed by atoms with E-state index in [2.05, 4.69) is 15.3 Å². The third-order valence-electron chi connectivity index (χ3n) is 2.99. The zero-order chi connectivity index (χ0) is 15.9. The SMILES string of the molecule is COC(C)(C)C.Nc1cnc(NC2CCN(C=O)C2)nc1. The van der Waals surface area contributed by atoms with Crippen LogP contribution in [-0.4, -0.2) is 53.1 Å². The molecule has 1 saturated heterocycles. The summed E-state index contributed by atoms with van der Waals surface area (Å²) in [7, 11) is 1.71. The van der Waals surface area contributed by atoms with Gasteiger partial charge in [0.15, 0.2) is 0 Å². The lowest BCUT2D eigenvalue weighted by atomic mass is 10.2. The van der Waals surface area contributed by atoms with Gasteiger partial charge in [0.2, 0.25) is 12.4 Å². The van der Waals surface area contributed by atoms with Crippen LogP contribution >= 0.6 is 0 Å². The second-order valence-corrected chi connectivity index (χ2v) is 5.89. The number of carbonyl (C=O) groups excluding carboxylic acids is 1. The van der Waals surface area contributed by atoms with E-state index in [-0.39, 0.29) is 11.6 Å². The number of hydrogen-bond donors (Lipinski definition) is 2. The highest BCUT2D eigenvalue weighted by atomic mass is 16.5. The van der Waals surface area contributed by atoms with Crippen LogP contribution < -0.4 is 11.1 Å². The molecule has 118 valence electrons. The lowest BCUT2D eigenvalue weighted by Gasteiger charge is -2.14. The Hall–Kier alpha value is -1.89. The zero-order valence-corrected chi connectivity index (χ0v) is 13.2. The number of hydrogen-bond acceptors (Lipinski definition) is 6. The molecular formula is C14H25N5O2. The molecule has 0 aliphatic carbocycles. The number of nitrogens with one attached hydrogen (secondary N) is 1. The summed E-state index contributed by atoms with van der Waals surface area (Å²) in [5.41, 5.74) is 6.06. The van der Waals surface area contributed by atoms with Crippen molar-refractivity contribution < 1.29 is 9.53 Å². The minimum atomic E-state index is 0.0417. The number of ether oxygens (including phenoxy) is 1. The average Bonchev–Trinajstić information content (AvgIpc) is 2.89. The summed E-state index contributed by atoms with van der Waals surface area (Å²) in [5.74, 6) is 0.557. The quantitative estimate of drug-likeness (QED) is 0.812. The van der Waals surface area contributed by atoms with Crippen LogP contribution in [0.4, 0.5) is 11.6 Å². The van der Waals surface area contributed by atoms with E-state index in [9.17, 15) is 4.79 Å². The largest absolute Gasteiger partial charge is 0.396 e. The lowest BCUT2D eigenvalue weighted by molar-refractivity contribution is -0.117. The van der Waals surface area contributed by atoms with Gasteiger partial charge in [0.25, 0.3) is 0 Å². The van der Waals surface area contributed by atoms with Crippen molar-refractivity contribution in [1.82, 2.24) is 14.9 Å². The van der Waals surface area contributed by atoms with Gasteiger partial charge in [-0.15, -0.1) is 0 Å². The van der Waals surface area contributed by atoms with Gasteiger partial charge in [0.05, 0.1) is 23.7 Å². The van der Waals surface area contributed by atoms with Gasteiger partial charge in [0, 0.05) is 26.2 Å². The standard InChI is InChI=1S/C9H13N5O.C5H12O/c10-7-3-11-9(12-4-7)13-8-1-2-14(5-8)6-15;1-5(2,3)6-4/h3-4,6,8H,1-2,5,10H2,(H,11,12,13);1-4H3. The Bertz CT molecular complexity index is 430. The molecule has 0 bridgehead atoms. The normalized spacial score (nSPS) is 17.9. The molecule has 21 heavy (non-hydrogen) atoms. The van der Waals surface area contributed by atoms with E-state index in [0.29, 0.717) is 18.2 Å². The molecule has 1 aromatic heterocycles. The minimum Gasteiger partial charge on any atom is -0.396 e. The first-order valence-corrected chi connectivity index (χ1v) is 6.92. The van der Waals surface area contributed by atoms with E-state index in [1.54, 1.807) is 24.4 Å². The van der Waals surface area contributed by atoms with Crippen molar-refractivity contribution in [3.8, 4) is 0 Å². The van der Waals surface area contributed by atoms with Crippen LogP contribution in [0.3, 0.4) is 0 Å². The number of rotatable bonds is 3. The van der Waals surface area contributed by atoms with Crippen LogP contribution in [0, 0.1) is 0 Å². The first-order valence-electron chi connectivity index (χ1n) is 6.92. The first kappa shape index (κ1) is 17.2. The van der Waals surface area contributed by atoms with Gasteiger partial charge in [0.1, 0.15) is 0 Å². The molecule has 7 nitrogen and oxygen atoms in total. The summed E-state index contributed by atoms with van der Waals surface area (Å²) in [4.78, 5) is 20.3. The molecule has 1 amide bonds. The second-order valence-electron chi connectivity index (χ2n) is 5.89. The van der Waals surface area contributed by atoms with Gasteiger partial charge < -0.3 is 20.7 Å². The van der Waals surface area contributed by atoms with Gasteiger partial charge in [-0.1, -0.05) is 0 Å². The van der Waals surface area contributed by atoms with E-state index >= 15 is 0 Å². The van der Waals surface area contributed by atoms with Crippen molar-refractivity contribution in [3.63, 3.8) is 0 Å². The van der Waals surface area contributed by atoms with E-state index in [1.165, 1.54) is 0 Å². The fourth-order valence-corrected chi connectivity index (χ4v) is 1.60. The molecule has 0 saturated carbocycles. The van der Waals surface area contributed by atoms with E-state index < -0.39 is 0 Å². The number of nitrogens with two attached hydrogens (primary N) is 1. The average molecular weight is 295 g/mol. The van der Waals surface area contributed by atoms with Crippen molar-refractivity contribution in [2.75, 3.05) is 31.2 Å². The Morgan fingerprint density at radius 3 is 2.43 bits per heavy atom. The van der Waals surface area contributed by atoms with Gasteiger partial charge >= 0.3 is 0 Å². The Kier molecular flexibility index (Phi) is 6.36. The maximum Gasteiger partial charge on any atom is 0.223 e. The highest BCUT2D eigenvalue weighted by Gasteiger charge is 2.21. The van der Waals surface area contributed by atoms with Crippen molar-refractivity contribution in [3.05, 3.63) is 12.4 Å². The second kappa shape index (κ2) is 7.78. The Labute approximate surface area is 125 Å². The Balaban J connectivity index is 0.000000315. The molecular weight excluding hydrogens is 270 g/mol. The molecule has 1 unspecified atom stereocenters. The highest BCUT2D eigenvalue weighted by Crippen LogP contribution is 2.11. The maximum absolute atomic E-state index is 10.5. The summed E-state index contributed by atoms with van der Waals surface area (Å²) in [6, 6.07) is 0.235. The van der Waals surface area contributed by atoms with E-state index in [1.807, 2.05) is 20.8 Å². The Morgan fingerprint density at radius 1 is 1.43 bits per heavy atom. The predicted molar refractivity (Wildman–Crippen MR) is 82.9 cm³/mol. The molecule has 1 fully saturated rings. The number of carbonyl (C=O) groups is 1. The molecule has 1 aliphatic rings. The number of nitrogens with zero attached hydrogens (tertiary/aromatic N) is 3. The molecule has 0 radical (unpaired) electrons. The van der Waals surface area contributed by atoms with Crippen LogP contribution in [0.1, 0.15) is 27.2 Å². The van der Waals surface area contributed by atoms with Crippen molar-refractivity contribution in [2.45, 2.75) is 38.8 Å². The van der Waals surface area contributed by atoms with E-state index in [0.717, 1.165) is 19.4 Å². The van der Waals surface area contributed by atoms with Crippen LogP contribution in [0.5, 0.6) is 0 Å². The summed E-state index contributed by atoms with van der Waals surface area (Å²) >= 11 is 0. The number of aromatic nitrogens is 2. The summed E-state index contributed by atoms with van der Waals surface area (Å²) in [6.45, 7) is 7.56. The smallest absolute Gasteiger partial charge is 0.223 e. The zero-order valence-electron chi connectivity index (χ0n) is 13.2. The van der Waals surface area contributed by atoms with Crippen molar-refractivity contribution in [1.29, 1.82) is 0 Å². The monoisotopic (exact) mass is 295 g/mol. The molecule has 1 aliphatic heterocycles. The fraction of sp³-hybridized carbons (Fsp3) is 0.643. The third kappa shape index (κ3) is 6.89. The number of anilines is 2. The van der Waals surface area contributed by atoms with Crippen LogP contribution in [-0.2, 0) is 9.53 Å². The first-order chi connectivity index (χ1) is 9.84.